The molecule has 0 fully saturated rings. The van der Waals surface area contributed by atoms with E-state index in [9.17, 15) is 9.90 Å². The Hall–Kier alpha value is -1.26. The fourth-order valence-corrected chi connectivity index (χ4v) is 1.46. The number of rotatable bonds is 3. The van der Waals surface area contributed by atoms with Gasteiger partial charge in [-0.3, -0.25) is 4.79 Å². The van der Waals surface area contributed by atoms with Crippen molar-refractivity contribution in [1.82, 2.24) is 4.90 Å². The molecule has 0 saturated heterocycles. The average molecular weight is 257 g/mol. The van der Waals surface area contributed by atoms with E-state index in [-0.39, 0.29) is 18.2 Å². The topological polar surface area (TPSA) is 66.6 Å². The summed E-state index contributed by atoms with van der Waals surface area (Å²) in [4.78, 5) is 13.7. The maximum Gasteiger partial charge on any atom is 0.256 e. The van der Waals surface area contributed by atoms with Crippen molar-refractivity contribution in [2.45, 2.75) is 19.4 Å². The smallest absolute Gasteiger partial charge is 0.256 e. The molecule has 1 amide bonds. The van der Waals surface area contributed by atoms with E-state index in [1.54, 1.807) is 39.1 Å². The van der Waals surface area contributed by atoms with Crippen molar-refractivity contribution in [3.8, 4) is 0 Å². The van der Waals surface area contributed by atoms with Gasteiger partial charge in [0.15, 0.2) is 0 Å². The van der Waals surface area contributed by atoms with E-state index in [0.717, 1.165) is 0 Å². The van der Waals surface area contributed by atoms with E-state index in [0.29, 0.717) is 10.6 Å². The normalized spacial score (nSPS) is 11.4. The van der Waals surface area contributed by atoms with Gasteiger partial charge in [-0.2, -0.15) is 0 Å². The Morgan fingerprint density at radius 3 is 2.65 bits per heavy atom. The Labute approximate surface area is 106 Å². The van der Waals surface area contributed by atoms with Crippen LogP contribution in [0.25, 0.3) is 0 Å². The van der Waals surface area contributed by atoms with E-state index in [1.807, 2.05) is 0 Å². The number of nitrogens with two attached hydrogens (primary N) is 1. The third-order valence-electron chi connectivity index (χ3n) is 2.88. The lowest BCUT2D eigenvalue weighted by atomic mass is 10.0. The fraction of sp³-hybridized carbons (Fsp3) is 0.417. The first-order valence-corrected chi connectivity index (χ1v) is 5.62. The first-order valence-electron chi connectivity index (χ1n) is 5.24. The number of carbonyl (C=O) groups is 1. The minimum absolute atomic E-state index is 0.129. The highest BCUT2D eigenvalue weighted by atomic mass is 35.5. The van der Waals surface area contributed by atoms with Gasteiger partial charge in [-0.15, -0.1) is 0 Å². The molecule has 94 valence electrons. The van der Waals surface area contributed by atoms with Gasteiger partial charge in [0.25, 0.3) is 5.91 Å². The standard InChI is InChI=1S/C12H17ClN2O2/c1-12(2,7-16)15(3)11(17)8-5-4-6-9(13)10(8)14/h4-6,16H,7,14H2,1-3H3. The van der Waals surface area contributed by atoms with Crippen molar-refractivity contribution in [2.24, 2.45) is 0 Å². The van der Waals surface area contributed by atoms with Crippen LogP contribution >= 0.6 is 11.6 Å². The lowest BCUT2D eigenvalue weighted by Gasteiger charge is -2.34. The minimum atomic E-state index is -0.647. The van der Waals surface area contributed by atoms with E-state index in [2.05, 4.69) is 0 Å². The van der Waals surface area contributed by atoms with Crippen molar-refractivity contribution >= 4 is 23.2 Å². The van der Waals surface area contributed by atoms with Crippen LogP contribution in [-0.4, -0.2) is 35.1 Å². The molecule has 0 aliphatic heterocycles. The molecule has 0 aliphatic carbocycles. The van der Waals surface area contributed by atoms with Crippen LogP contribution < -0.4 is 5.73 Å². The summed E-state index contributed by atoms with van der Waals surface area (Å²) in [6.07, 6.45) is 0. The van der Waals surface area contributed by atoms with Crippen LogP contribution in [0.15, 0.2) is 18.2 Å². The van der Waals surface area contributed by atoms with Gasteiger partial charge >= 0.3 is 0 Å². The third-order valence-corrected chi connectivity index (χ3v) is 3.21. The number of likely N-dealkylation sites (N-methyl/N-ethyl adjacent to an activating group) is 1. The predicted molar refractivity (Wildman–Crippen MR) is 69.1 cm³/mol. The number of anilines is 1. The number of hydrogen-bond donors (Lipinski definition) is 2. The van der Waals surface area contributed by atoms with Gasteiger partial charge in [-0.25, -0.2) is 0 Å². The number of benzene rings is 1. The molecule has 0 aliphatic rings. The number of halogens is 1. The highest BCUT2D eigenvalue weighted by molar-refractivity contribution is 6.33. The second kappa shape index (κ2) is 4.94. The predicted octanol–water partition coefficient (Wildman–Crippen LogP) is 1.77. The van der Waals surface area contributed by atoms with E-state index in [4.69, 9.17) is 17.3 Å². The Balaban J connectivity index is 3.09. The molecule has 0 heterocycles. The van der Waals surface area contributed by atoms with Gasteiger partial charge in [0.1, 0.15) is 0 Å². The second-order valence-electron chi connectivity index (χ2n) is 4.54. The summed E-state index contributed by atoms with van der Waals surface area (Å²) in [5.74, 6) is -0.260. The zero-order valence-corrected chi connectivity index (χ0v) is 11.0. The average Bonchev–Trinajstić information content (AvgIpc) is 2.30. The van der Waals surface area contributed by atoms with Crippen molar-refractivity contribution < 1.29 is 9.90 Å². The lowest BCUT2D eigenvalue weighted by Crippen LogP contribution is -2.47. The third kappa shape index (κ3) is 2.70. The molecular weight excluding hydrogens is 240 g/mol. The van der Waals surface area contributed by atoms with Crippen molar-refractivity contribution in [1.29, 1.82) is 0 Å². The number of nitrogen functional groups attached to an aromatic ring is 1. The van der Waals surface area contributed by atoms with Gasteiger partial charge in [0.05, 0.1) is 28.4 Å². The summed E-state index contributed by atoms with van der Waals surface area (Å²) >= 11 is 5.87. The van der Waals surface area contributed by atoms with Crippen molar-refractivity contribution in [2.75, 3.05) is 19.4 Å². The molecule has 4 nitrogen and oxygen atoms in total. The molecule has 0 saturated carbocycles. The van der Waals surface area contributed by atoms with E-state index >= 15 is 0 Å². The van der Waals surface area contributed by atoms with Gasteiger partial charge in [-0.1, -0.05) is 17.7 Å². The summed E-state index contributed by atoms with van der Waals surface area (Å²) < 4.78 is 0. The largest absolute Gasteiger partial charge is 0.397 e. The number of aliphatic hydroxyl groups excluding tert-OH is 1. The number of para-hydroxylation sites is 1. The van der Waals surface area contributed by atoms with Gasteiger partial charge in [-0.05, 0) is 26.0 Å². The monoisotopic (exact) mass is 256 g/mol. The first kappa shape index (κ1) is 13.8. The molecule has 0 unspecified atom stereocenters. The van der Waals surface area contributed by atoms with Crippen molar-refractivity contribution in [3.05, 3.63) is 28.8 Å². The Kier molecular flexibility index (Phi) is 4.01. The van der Waals surface area contributed by atoms with Crippen LogP contribution in [0.4, 0.5) is 5.69 Å². The highest BCUT2D eigenvalue weighted by Crippen LogP contribution is 2.25. The van der Waals surface area contributed by atoms with Crippen LogP contribution in [0.3, 0.4) is 0 Å². The van der Waals surface area contributed by atoms with Crippen LogP contribution in [0.2, 0.25) is 5.02 Å². The summed E-state index contributed by atoms with van der Waals surface area (Å²) in [6.45, 7) is 3.41. The minimum Gasteiger partial charge on any atom is -0.397 e. The maximum absolute atomic E-state index is 12.2. The fourth-order valence-electron chi connectivity index (χ4n) is 1.29. The molecule has 0 radical (unpaired) electrons. The summed E-state index contributed by atoms with van der Waals surface area (Å²) in [5, 5.41) is 9.59. The summed E-state index contributed by atoms with van der Waals surface area (Å²) in [6, 6.07) is 4.92. The van der Waals surface area contributed by atoms with Crippen LogP contribution in [0.5, 0.6) is 0 Å². The maximum atomic E-state index is 12.2. The van der Waals surface area contributed by atoms with Gasteiger partial charge in [0, 0.05) is 7.05 Å². The lowest BCUT2D eigenvalue weighted by molar-refractivity contribution is 0.0474. The van der Waals surface area contributed by atoms with Gasteiger partial charge < -0.3 is 15.7 Å². The highest BCUT2D eigenvalue weighted by Gasteiger charge is 2.28. The quantitative estimate of drug-likeness (QED) is 0.810. The molecule has 17 heavy (non-hydrogen) atoms. The van der Waals surface area contributed by atoms with Crippen molar-refractivity contribution in [3.63, 3.8) is 0 Å². The molecule has 0 bridgehead atoms. The molecule has 0 atom stereocenters. The Bertz CT molecular complexity index is 433. The zero-order valence-electron chi connectivity index (χ0n) is 10.2. The molecule has 1 rings (SSSR count). The number of hydrogen-bond acceptors (Lipinski definition) is 3. The SMILES string of the molecule is CN(C(=O)c1cccc(Cl)c1N)C(C)(C)CO. The summed E-state index contributed by atoms with van der Waals surface area (Å²) in [7, 11) is 1.62. The molecule has 5 heteroatoms. The zero-order chi connectivity index (χ0) is 13.2. The Morgan fingerprint density at radius 1 is 1.53 bits per heavy atom. The van der Waals surface area contributed by atoms with Crippen LogP contribution in [-0.2, 0) is 0 Å². The molecule has 0 aromatic heterocycles. The van der Waals surface area contributed by atoms with E-state index in [1.165, 1.54) is 4.90 Å². The molecular formula is C12H17ClN2O2. The molecule has 3 N–H and O–H groups in total. The van der Waals surface area contributed by atoms with Crippen LogP contribution in [0, 0.1) is 0 Å². The molecule has 1 aromatic carbocycles. The molecule has 0 spiro atoms. The number of nitrogens with zero attached hydrogens (tertiary/aromatic N) is 1. The Morgan fingerprint density at radius 2 is 2.12 bits per heavy atom. The number of amides is 1. The number of carbonyl (C=O) groups excluding carboxylic acids is 1. The molecule has 1 aromatic rings. The van der Waals surface area contributed by atoms with Crippen LogP contribution in [0.1, 0.15) is 24.2 Å². The van der Waals surface area contributed by atoms with Gasteiger partial charge in [0.2, 0.25) is 0 Å². The number of aliphatic hydroxyl groups is 1. The second-order valence-corrected chi connectivity index (χ2v) is 4.94. The first-order chi connectivity index (χ1) is 7.81. The van der Waals surface area contributed by atoms with E-state index < -0.39 is 5.54 Å². The summed E-state index contributed by atoms with van der Waals surface area (Å²) in [5.41, 5.74) is 5.73.